The van der Waals surface area contributed by atoms with Gasteiger partial charge in [-0.25, -0.2) is 9.97 Å². The lowest BCUT2D eigenvalue weighted by molar-refractivity contribution is 1.09. The summed E-state index contributed by atoms with van der Waals surface area (Å²) in [5, 5.41) is 7.25. The Morgan fingerprint density at radius 3 is 2.56 bits per heavy atom. The molecule has 0 aliphatic carbocycles. The molecule has 2 heterocycles. The third-order valence-electron chi connectivity index (χ3n) is 2.35. The highest BCUT2D eigenvalue weighted by Gasteiger charge is 2.11. The van der Waals surface area contributed by atoms with Crippen LogP contribution < -0.4 is 5.32 Å². The van der Waals surface area contributed by atoms with E-state index >= 15 is 0 Å². The van der Waals surface area contributed by atoms with Gasteiger partial charge in [0, 0.05) is 18.0 Å². The number of hydrogen-bond acceptors (Lipinski definition) is 4. The fourth-order valence-electron chi connectivity index (χ4n) is 1.43. The largest absolute Gasteiger partial charge is 0.372 e. The van der Waals surface area contributed by atoms with Crippen LogP contribution in [0.2, 0.25) is 0 Å². The van der Waals surface area contributed by atoms with Gasteiger partial charge in [0.1, 0.15) is 5.82 Å². The highest BCUT2D eigenvalue weighted by atomic mass is 79.9. The summed E-state index contributed by atoms with van der Waals surface area (Å²) in [7, 11) is 1.86. The van der Waals surface area contributed by atoms with Gasteiger partial charge in [0.15, 0.2) is 5.82 Å². The molecule has 0 amide bonds. The van der Waals surface area contributed by atoms with Crippen molar-refractivity contribution in [3.63, 3.8) is 0 Å². The van der Waals surface area contributed by atoms with E-state index in [1.807, 2.05) is 14.0 Å². The molecule has 2 rings (SSSR count). The molecule has 1 N–H and O–H groups in total. The highest BCUT2D eigenvalue weighted by Crippen LogP contribution is 2.29. The van der Waals surface area contributed by atoms with Crippen LogP contribution in [0.15, 0.2) is 15.2 Å². The van der Waals surface area contributed by atoms with Crippen LogP contribution >= 0.6 is 27.3 Å². The first kappa shape index (κ1) is 11.5. The van der Waals surface area contributed by atoms with Gasteiger partial charge in [-0.15, -0.1) is 0 Å². The molecule has 0 aliphatic heterocycles. The molecule has 0 saturated carbocycles. The Balaban J connectivity index is 2.59. The second kappa shape index (κ2) is 4.51. The van der Waals surface area contributed by atoms with Crippen LogP contribution in [0.4, 0.5) is 5.82 Å². The van der Waals surface area contributed by atoms with Crippen molar-refractivity contribution in [2.45, 2.75) is 13.8 Å². The van der Waals surface area contributed by atoms with Crippen molar-refractivity contribution in [2.24, 2.45) is 0 Å². The number of aromatic nitrogens is 2. The summed E-state index contributed by atoms with van der Waals surface area (Å²) in [5.41, 5.74) is 3.27. The highest BCUT2D eigenvalue weighted by molar-refractivity contribution is 9.10. The number of anilines is 1. The van der Waals surface area contributed by atoms with E-state index in [0.717, 1.165) is 27.4 Å². The smallest absolute Gasteiger partial charge is 0.162 e. The van der Waals surface area contributed by atoms with E-state index in [0.29, 0.717) is 0 Å². The van der Waals surface area contributed by atoms with Gasteiger partial charge in [-0.1, -0.05) is 0 Å². The van der Waals surface area contributed by atoms with E-state index in [2.05, 4.69) is 48.9 Å². The standard InChI is InChI=1S/C11H12BrN3S/c1-6-4-16-5-8(6)10-14-7(2)9(12)11(13-3)15-10/h4-5H,1-3H3,(H,13,14,15). The fraction of sp³-hybridized carbons (Fsp3) is 0.273. The molecule has 3 nitrogen and oxygen atoms in total. The van der Waals surface area contributed by atoms with Crippen LogP contribution in [0.5, 0.6) is 0 Å². The van der Waals surface area contributed by atoms with Crippen molar-refractivity contribution < 1.29 is 0 Å². The topological polar surface area (TPSA) is 37.8 Å². The Hall–Kier alpha value is -0.940. The monoisotopic (exact) mass is 297 g/mol. The molecular weight excluding hydrogens is 286 g/mol. The van der Waals surface area contributed by atoms with E-state index < -0.39 is 0 Å². The van der Waals surface area contributed by atoms with E-state index in [4.69, 9.17) is 0 Å². The Morgan fingerprint density at radius 1 is 1.25 bits per heavy atom. The summed E-state index contributed by atoms with van der Waals surface area (Å²) in [4.78, 5) is 8.99. The number of hydrogen-bond donors (Lipinski definition) is 1. The molecular formula is C11H12BrN3S. The molecule has 0 fully saturated rings. The van der Waals surface area contributed by atoms with E-state index in [9.17, 15) is 0 Å². The second-order valence-corrected chi connectivity index (χ2v) is 5.05. The zero-order chi connectivity index (χ0) is 11.7. The van der Waals surface area contributed by atoms with Crippen LogP contribution in [-0.2, 0) is 0 Å². The van der Waals surface area contributed by atoms with Gasteiger partial charge in [0.25, 0.3) is 0 Å². The summed E-state index contributed by atoms with van der Waals surface area (Å²) in [6.45, 7) is 4.05. The molecule has 0 aliphatic rings. The van der Waals surface area contributed by atoms with Crippen molar-refractivity contribution in [2.75, 3.05) is 12.4 Å². The molecule has 2 aromatic heterocycles. The van der Waals surface area contributed by atoms with Gasteiger partial charge in [-0.05, 0) is 40.7 Å². The zero-order valence-corrected chi connectivity index (χ0v) is 11.7. The summed E-state index contributed by atoms with van der Waals surface area (Å²) >= 11 is 5.14. The number of nitrogens with one attached hydrogen (secondary N) is 1. The molecule has 0 aromatic carbocycles. The van der Waals surface area contributed by atoms with Crippen molar-refractivity contribution >= 4 is 33.1 Å². The van der Waals surface area contributed by atoms with E-state index in [1.54, 1.807) is 11.3 Å². The van der Waals surface area contributed by atoms with Gasteiger partial charge < -0.3 is 5.32 Å². The molecule has 16 heavy (non-hydrogen) atoms. The predicted molar refractivity (Wildman–Crippen MR) is 72.1 cm³/mol. The van der Waals surface area contributed by atoms with Crippen molar-refractivity contribution in [3.8, 4) is 11.4 Å². The van der Waals surface area contributed by atoms with Gasteiger partial charge in [0.2, 0.25) is 0 Å². The lowest BCUT2D eigenvalue weighted by Crippen LogP contribution is -2.00. The Labute approximate surface area is 107 Å². The molecule has 0 unspecified atom stereocenters. The number of halogens is 1. The van der Waals surface area contributed by atoms with Gasteiger partial charge in [-0.3, -0.25) is 0 Å². The minimum absolute atomic E-state index is 0.781. The molecule has 0 radical (unpaired) electrons. The quantitative estimate of drug-likeness (QED) is 0.920. The lowest BCUT2D eigenvalue weighted by Gasteiger charge is -2.08. The summed E-state index contributed by atoms with van der Waals surface area (Å²) in [6, 6.07) is 0. The normalized spacial score (nSPS) is 10.5. The van der Waals surface area contributed by atoms with Gasteiger partial charge >= 0.3 is 0 Å². The zero-order valence-electron chi connectivity index (χ0n) is 9.34. The average Bonchev–Trinajstić information content (AvgIpc) is 2.68. The first-order valence-electron chi connectivity index (χ1n) is 4.88. The molecule has 84 valence electrons. The number of nitrogens with zero attached hydrogens (tertiary/aromatic N) is 2. The maximum atomic E-state index is 4.49. The van der Waals surface area contributed by atoms with Crippen LogP contribution in [0.1, 0.15) is 11.3 Å². The Morgan fingerprint density at radius 2 is 2.00 bits per heavy atom. The van der Waals surface area contributed by atoms with Crippen LogP contribution in [0.3, 0.4) is 0 Å². The third-order valence-corrected chi connectivity index (χ3v) is 4.16. The summed E-state index contributed by atoms with van der Waals surface area (Å²) in [6.07, 6.45) is 0. The molecule has 2 aromatic rings. The number of thiophene rings is 1. The van der Waals surface area contributed by atoms with Crippen LogP contribution in [0.25, 0.3) is 11.4 Å². The van der Waals surface area contributed by atoms with Crippen molar-refractivity contribution in [1.29, 1.82) is 0 Å². The molecule has 5 heteroatoms. The predicted octanol–water partition coefficient (Wildman–Crippen LogP) is 3.63. The second-order valence-electron chi connectivity index (χ2n) is 3.51. The van der Waals surface area contributed by atoms with E-state index in [-0.39, 0.29) is 0 Å². The number of rotatable bonds is 2. The molecule has 0 atom stereocenters. The van der Waals surface area contributed by atoms with Gasteiger partial charge in [-0.2, -0.15) is 11.3 Å². The van der Waals surface area contributed by atoms with E-state index in [1.165, 1.54) is 5.56 Å². The maximum absolute atomic E-state index is 4.49. The summed E-state index contributed by atoms with van der Waals surface area (Å²) in [5.74, 6) is 1.61. The fourth-order valence-corrected chi connectivity index (χ4v) is 2.64. The maximum Gasteiger partial charge on any atom is 0.162 e. The Kier molecular flexibility index (Phi) is 3.25. The first-order valence-corrected chi connectivity index (χ1v) is 6.62. The average molecular weight is 298 g/mol. The van der Waals surface area contributed by atoms with Gasteiger partial charge in [0.05, 0.1) is 10.2 Å². The molecule has 0 spiro atoms. The van der Waals surface area contributed by atoms with Crippen LogP contribution in [-0.4, -0.2) is 17.0 Å². The third kappa shape index (κ3) is 1.97. The molecule has 0 saturated heterocycles. The summed E-state index contributed by atoms with van der Waals surface area (Å²) < 4.78 is 0.923. The minimum atomic E-state index is 0.781. The lowest BCUT2D eigenvalue weighted by atomic mass is 10.2. The van der Waals surface area contributed by atoms with Crippen LogP contribution in [0, 0.1) is 13.8 Å². The first-order chi connectivity index (χ1) is 7.63. The Bertz CT molecular complexity index is 522. The SMILES string of the molecule is CNc1nc(-c2cscc2C)nc(C)c1Br. The molecule has 0 bridgehead atoms. The minimum Gasteiger partial charge on any atom is -0.372 e. The number of aryl methyl sites for hydroxylation is 2. The van der Waals surface area contributed by atoms with Crippen molar-refractivity contribution in [3.05, 3.63) is 26.5 Å². The van der Waals surface area contributed by atoms with Crippen molar-refractivity contribution in [1.82, 2.24) is 9.97 Å².